The van der Waals surface area contributed by atoms with Crippen LogP contribution in [0.3, 0.4) is 0 Å². The van der Waals surface area contributed by atoms with Crippen molar-refractivity contribution in [2.45, 2.75) is 51.7 Å². The number of aromatic nitrogens is 1. The summed E-state index contributed by atoms with van der Waals surface area (Å²) in [6, 6.07) is 15.2. The Bertz CT molecular complexity index is 968. The minimum Gasteiger partial charge on any atom is -0.508 e. The van der Waals surface area contributed by atoms with Gasteiger partial charge in [0.2, 0.25) is 0 Å². The molecule has 26 heavy (non-hydrogen) atoms. The van der Waals surface area contributed by atoms with Gasteiger partial charge in [-0.2, -0.15) is 0 Å². The van der Waals surface area contributed by atoms with Gasteiger partial charge in [0.1, 0.15) is 5.75 Å². The Labute approximate surface area is 154 Å². The van der Waals surface area contributed by atoms with E-state index >= 15 is 0 Å². The third-order valence-corrected chi connectivity index (χ3v) is 6.15. The van der Waals surface area contributed by atoms with Crippen molar-refractivity contribution in [1.29, 1.82) is 0 Å². The van der Waals surface area contributed by atoms with E-state index in [1.807, 2.05) is 12.1 Å². The molecule has 0 radical (unpaired) electrons. The van der Waals surface area contributed by atoms with Gasteiger partial charge in [-0.25, -0.2) is 0 Å². The average molecular weight is 346 g/mol. The smallest absolute Gasteiger partial charge is 0.115 e. The Hall–Kier alpha value is -2.26. The summed E-state index contributed by atoms with van der Waals surface area (Å²) in [7, 11) is 0. The first kappa shape index (κ1) is 16.0. The Morgan fingerprint density at radius 3 is 2.88 bits per heavy atom. The molecule has 1 aliphatic heterocycles. The van der Waals surface area contributed by atoms with Crippen molar-refractivity contribution in [3.63, 3.8) is 0 Å². The second-order valence-electron chi connectivity index (χ2n) is 7.94. The average Bonchev–Trinajstić information content (AvgIpc) is 2.82. The van der Waals surface area contributed by atoms with Gasteiger partial charge in [0.05, 0.1) is 6.04 Å². The molecule has 2 aromatic carbocycles. The fraction of sp³-hybridized carbons (Fsp3) is 0.391. The van der Waals surface area contributed by atoms with Crippen molar-refractivity contribution >= 4 is 10.9 Å². The number of benzene rings is 2. The molecule has 1 aromatic heterocycles. The number of aryl methyl sites for hydroxylation is 3. The van der Waals surface area contributed by atoms with Crippen LogP contribution in [0.15, 0.2) is 42.5 Å². The Balaban J connectivity index is 1.60. The van der Waals surface area contributed by atoms with Gasteiger partial charge in [0.25, 0.3) is 0 Å². The molecular formula is C23H26N2O. The first-order chi connectivity index (χ1) is 12.7. The molecule has 1 unspecified atom stereocenters. The van der Waals surface area contributed by atoms with Crippen LogP contribution in [0.4, 0.5) is 0 Å². The Kier molecular flexibility index (Phi) is 3.79. The van der Waals surface area contributed by atoms with Gasteiger partial charge < -0.3 is 9.67 Å². The largest absolute Gasteiger partial charge is 0.508 e. The number of hydrogen-bond donors (Lipinski definition) is 1. The van der Waals surface area contributed by atoms with Gasteiger partial charge >= 0.3 is 0 Å². The highest BCUT2D eigenvalue weighted by atomic mass is 16.3. The normalized spacial score (nSPS) is 20.1. The molecule has 3 nitrogen and oxygen atoms in total. The summed E-state index contributed by atoms with van der Waals surface area (Å²) in [5.74, 6) is 0.367. The monoisotopic (exact) mass is 346 g/mol. The molecule has 0 saturated carbocycles. The van der Waals surface area contributed by atoms with Crippen molar-refractivity contribution in [3.05, 3.63) is 64.8 Å². The quantitative estimate of drug-likeness (QED) is 0.712. The number of rotatable bonds is 2. The summed E-state index contributed by atoms with van der Waals surface area (Å²) in [5, 5.41) is 11.3. The minimum atomic E-state index is 0.367. The van der Waals surface area contributed by atoms with E-state index in [1.165, 1.54) is 47.7 Å². The van der Waals surface area contributed by atoms with Crippen LogP contribution in [0, 0.1) is 6.92 Å². The summed E-state index contributed by atoms with van der Waals surface area (Å²) >= 11 is 0. The maximum absolute atomic E-state index is 9.83. The van der Waals surface area contributed by atoms with Crippen LogP contribution in [0.2, 0.25) is 0 Å². The van der Waals surface area contributed by atoms with Gasteiger partial charge in [-0.15, -0.1) is 0 Å². The maximum atomic E-state index is 9.83. The third-order valence-electron chi connectivity index (χ3n) is 6.15. The molecule has 0 saturated heterocycles. The lowest BCUT2D eigenvalue weighted by Crippen LogP contribution is -2.30. The first-order valence-corrected chi connectivity index (χ1v) is 9.84. The van der Waals surface area contributed by atoms with E-state index in [1.54, 1.807) is 17.3 Å². The lowest BCUT2D eigenvalue weighted by Gasteiger charge is -2.33. The second kappa shape index (κ2) is 6.17. The highest BCUT2D eigenvalue weighted by Gasteiger charge is 2.33. The molecule has 3 aromatic rings. The maximum Gasteiger partial charge on any atom is 0.115 e. The van der Waals surface area contributed by atoms with Crippen molar-refractivity contribution in [3.8, 4) is 5.75 Å². The van der Waals surface area contributed by atoms with Gasteiger partial charge in [0.15, 0.2) is 0 Å². The van der Waals surface area contributed by atoms with Crippen LogP contribution >= 0.6 is 0 Å². The molecule has 2 heterocycles. The fourth-order valence-electron chi connectivity index (χ4n) is 5.07. The van der Waals surface area contributed by atoms with E-state index in [2.05, 4.69) is 40.7 Å². The van der Waals surface area contributed by atoms with E-state index in [0.717, 1.165) is 19.6 Å². The predicted molar refractivity (Wildman–Crippen MR) is 105 cm³/mol. The van der Waals surface area contributed by atoms with Crippen LogP contribution in [-0.4, -0.2) is 21.1 Å². The number of phenols is 1. The topological polar surface area (TPSA) is 28.4 Å². The number of nitrogens with zero attached hydrogens (tertiary/aromatic N) is 2. The van der Waals surface area contributed by atoms with Crippen LogP contribution in [0.5, 0.6) is 5.75 Å². The van der Waals surface area contributed by atoms with E-state index in [0.29, 0.717) is 11.8 Å². The van der Waals surface area contributed by atoms with Crippen molar-refractivity contribution in [2.24, 2.45) is 0 Å². The molecule has 1 aliphatic carbocycles. The molecule has 1 N–H and O–H groups in total. The number of phenolic OH excluding ortho intramolecular Hbond substituents is 1. The minimum absolute atomic E-state index is 0.367. The molecule has 0 amide bonds. The zero-order valence-electron chi connectivity index (χ0n) is 15.4. The SMILES string of the molecule is Cc1ccc2c(c1)c1c3n2CCCN(Cc2cccc(O)c2)C3CCC1. The van der Waals surface area contributed by atoms with Gasteiger partial charge in [-0.05, 0) is 68.0 Å². The van der Waals surface area contributed by atoms with Crippen LogP contribution in [0.25, 0.3) is 10.9 Å². The van der Waals surface area contributed by atoms with Crippen molar-refractivity contribution in [2.75, 3.05) is 6.54 Å². The fourth-order valence-corrected chi connectivity index (χ4v) is 5.07. The van der Waals surface area contributed by atoms with Crippen LogP contribution in [0.1, 0.15) is 47.7 Å². The molecule has 3 heteroatoms. The highest BCUT2D eigenvalue weighted by Crippen LogP contribution is 2.42. The Morgan fingerprint density at radius 2 is 2.00 bits per heavy atom. The van der Waals surface area contributed by atoms with E-state index < -0.39 is 0 Å². The molecule has 134 valence electrons. The summed E-state index contributed by atoms with van der Waals surface area (Å²) in [6.07, 6.45) is 4.89. The second-order valence-corrected chi connectivity index (χ2v) is 7.94. The lowest BCUT2D eigenvalue weighted by molar-refractivity contribution is 0.173. The summed E-state index contributed by atoms with van der Waals surface area (Å²) in [6.45, 7) is 5.35. The zero-order chi connectivity index (χ0) is 17.7. The first-order valence-electron chi connectivity index (χ1n) is 9.84. The number of fused-ring (bicyclic) bond motifs is 3. The Morgan fingerprint density at radius 1 is 1.08 bits per heavy atom. The molecule has 5 rings (SSSR count). The van der Waals surface area contributed by atoms with Crippen molar-refractivity contribution in [1.82, 2.24) is 9.47 Å². The molecule has 0 bridgehead atoms. The highest BCUT2D eigenvalue weighted by molar-refractivity contribution is 5.86. The predicted octanol–water partition coefficient (Wildman–Crippen LogP) is 4.94. The number of hydrogen-bond acceptors (Lipinski definition) is 2. The van der Waals surface area contributed by atoms with Gasteiger partial charge in [-0.3, -0.25) is 4.90 Å². The van der Waals surface area contributed by atoms with Crippen LogP contribution in [-0.2, 0) is 19.5 Å². The van der Waals surface area contributed by atoms with E-state index in [9.17, 15) is 5.11 Å². The van der Waals surface area contributed by atoms with Crippen LogP contribution < -0.4 is 0 Å². The lowest BCUT2D eigenvalue weighted by atomic mass is 9.90. The molecule has 0 spiro atoms. The van der Waals surface area contributed by atoms with E-state index in [-0.39, 0.29) is 0 Å². The standard InChI is InChI=1S/C23H26N2O/c1-16-9-10-21-20(13-16)19-7-3-8-22-23(19)25(21)12-4-11-24(22)15-17-5-2-6-18(26)14-17/h2,5-6,9-10,13-14,22,26H,3-4,7-8,11-12,15H2,1H3. The summed E-state index contributed by atoms with van der Waals surface area (Å²) in [4.78, 5) is 2.64. The summed E-state index contributed by atoms with van der Waals surface area (Å²) < 4.78 is 2.61. The summed E-state index contributed by atoms with van der Waals surface area (Å²) in [5.41, 5.74) is 7.13. The van der Waals surface area contributed by atoms with E-state index in [4.69, 9.17) is 0 Å². The molecule has 2 aliphatic rings. The van der Waals surface area contributed by atoms with Gasteiger partial charge in [-0.1, -0.05) is 23.8 Å². The number of aromatic hydroxyl groups is 1. The third kappa shape index (κ3) is 2.53. The molecule has 1 atom stereocenters. The molecule has 0 fully saturated rings. The van der Waals surface area contributed by atoms with Crippen molar-refractivity contribution < 1.29 is 5.11 Å². The molecular weight excluding hydrogens is 320 g/mol. The zero-order valence-corrected chi connectivity index (χ0v) is 15.4. The van der Waals surface area contributed by atoms with Gasteiger partial charge in [0, 0.05) is 36.2 Å².